The molecule has 2 rings (SSSR count). The summed E-state index contributed by atoms with van der Waals surface area (Å²) in [7, 11) is 0. The fourth-order valence-electron chi connectivity index (χ4n) is 2.46. The van der Waals surface area contributed by atoms with Crippen molar-refractivity contribution in [3.8, 4) is 0 Å². The summed E-state index contributed by atoms with van der Waals surface area (Å²) < 4.78 is 5.45. The van der Waals surface area contributed by atoms with E-state index in [0.29, 0.717) is 19.4 Å². The average Bonchev–Trinajstić information content (AvgIpc) is 2.81. The van der Waals surface area contributed by atoms with E-state index >= 15 is 0 Å². The third-order valence-corrected chi connectivity index (χ3v) is 3.50. The lowest BCUT2D eigenvalue weighted by molar-refractivity contribution is -0.138. The van der Waals surface area contributed by atoms with Crippen LogP contribution >= 0.6 is 0 Å². The van der Waals surface area contributed by atoms with Crippen molar-refractivity contribution in [3.05, 3.63) is 0 Å². The number of nitrogens with one attached hydrogen (secondary N) is 2. The van der Waals surface area contributed by atoms with E-state index in [1.54, 1.807) is 0 Å². The van der Waals surface area contributed by atoms with Crippen molar-refractivity contribution >= 4 is 17.7 Å². The number of hydrogen-bond acceptors (Lipinski definition) is 4. The number of ether oxygens (including phenoxy) is 1. The molecule has 0 aromatic carbocycles. The Labute approximate surface area is 105 Å². The van der Waals surface area contributed by atoms with Crippen LogP contribution in [0.4, 0.5) is 0 Å². The summed E-state index contributed by atoms with van der Waals surface area (Å²) in [6.45, 7) is 2.56. The van der Waals surface area contributed by atoms with Gasteiger partial charge < -0.3 is 10.1 Å². The van der Waals surface area contributed by atoms with E-state index in [2.05, 4.69) is 10.6 Å². The minimum absolute atomic E-state index is 0.0571. The molecule has 2 aliphatic rings. The first kappa shape index (κ1) is 13.0. The van der Waals surface area contributed by atoms with Crippen molar-refractivity contribution in [2.75, 3.05) is 6.61 Å². The van der Waals surface area contributed by atoms with Crippen molar-refractivity contribution in [2.24, 2.45) is 5.92 Å². The Kier molecular flexibility index (Phi) is 3.96. The molecule has 0 aliphatic carbocycles. The van der Waals surface area contributed by atoms with Gasteiger partial charge in [0.1, 0.15) is 6.04 Å². The van der Waals surface area contributed by atoms with Gasteiger partial charge in [-0.1, -0.05) is 6.92 Å². The third kappa shape index (κ3) is 2.69. The van der Waals surface area contributed by atoms with Gasteiger partial charge in [-0.2, -0.15) is 0 Å². The minimum atomic E-state index is -0.590. The van der Waals surface area contributed by atoms with Crippen molar-refractivity contribution < 1.29 is 19.1 Å². The molecule has 6 heteroatoms. The summed E-state index contributed by atoms with van der Waals surface area (Å²) in [5.74, 6) is -1.01. The lowest BCUT2D eigenvalue weighted by Crippen LogP contribution is -2.53. The van der Waals surface area contributed by atoms with Gasteiger partial charge >= 0.3 is 0 Å². The largest absolute Gasteiger partial charge is 0.377 e. The van der Waals surface area contributed by atoms with Gasteiger partial charge in [0.25, 0.3) is 0 Å². The predicted molar refractivity (Wildman–Crippen MR) is 62.5 cm³/mol. The van der Waals surface area contributed by atoms with Crippen LogP contribution < -0.4 is 10.6 Å². The molecule has 2 N–H and O–H groups in total. The summed E-state index contributed by atoms with van der Waals surface area (Å²) in [4.78, 5) is 34.6. The molecule has 2 aliphatic heterocycles. The molecule has 2 saturated heterocycles. The van der Waals surface area contributed by atoms with E-state index in [-0.39, 0.29) is 30.3 Å². The van der Waals surface area contributed by atoms with Gasteiger partial charge in [0.15, 0.2) is 0 Å². The fourth-order valence-corrected chi connectivity index (χ4v) is 2.46. The molecule has 2 fully saturated rings. The van der Waals surface area contributed by atoms with Crippen molar-refractivity contribution in [1.82, 2.24) is 10.6 Å². The standard InChI is InChI=1S/C12H18N2O4/c1-2-9-7(5-6-18-9)11(16)13-8-3-4-10(15)14-12(8)17/h7-9H,2-6H2,1H3,(H,13,16)(H,14,15,17). The molecular formula is C12H18N2O4. The quantitative estimate of drug-likeness (QED) is 0.679. The van der Waals surface area contributed by atoms with Gasteiger partial charge in [-0.3, -0.25) is 19.7 Å². The van der Waals surface area contributed by atoms with Crippen LogP contribution in [0.1, 0.15) is 32.6 Å². The van der Waals surface area contributed by atoms with E-state index in [4.69, 9.17) is 4.74 Å². The van der Waals surface area contributed by atoms with Gasteiger partial charge in [0.05, 0.1) is 12.0 Å². The normalized spacial score (nSPS) is 32.2. The zero-order valence-electron chi connectivity index (χ0n) is 10.4. The molecule has 0 radical (unpaired) electrons. The topological polar surface area (TPSA) is 84.5 Å². The molecule has 100 valence electrons. The van der Waals surface area contributed by atoms with E-state index < -0.39 is 11.9 Å². The van der Waals surface area contributed by atoms with Gasteiger partial charge in [-0.15, -0.1) is 0 Å². The smallest absolute Gasteiger partial charge is 0.249 e. The lowest BCUT2D eigenvalue weighted by Gasteiger charge is -2.24. The molecule has 0 aromatic rings. The highest BCUT2D eigenvalue weighted by molar-refractivity contribution is 6.01. The van der Waals surface area contributed by atoms with E-state index in [1.165, 1.54) is 0 Å². The third-order valence-electron chi connectivity index (χ3n) is 3.50. The van der Waals surface area contributed by atoms with E-state index in [9.17, 15) is 14.4 Å². The monoisotopic (exact) mass is 254 g/mol. The number of imide groups is 1. The predicted octanol–water partition coefficient (Wildman–Crippen LogP) is -0.277. The Bertz CT molecular complexity index is 369. The Morgan fingerprint density at radius 2 is 2.22 bits per heavy atom. The molecule has 3 unspecified atom stereocenters. The summed E-state index contributed by atoms with van der Waals surface area (Å²) in [5, 5.41) is 4.94. The highest BCUT2D eigenvalue weighted by Gasteiger charge is 2.35. The van der Waals surface area contributed by atoms with Gasteiger partial charge in [0, 0.05) is 13.0 Å². The second kappa shape index (κ2) is 5.48. The number of carbonyl (C=O) groups excluding carboxylic acids is 3. The van der Waals surface area contributed by atoms with E-state index in [0.717, 1.165) is 6.42 Å². The van der Waals surface area contributed by atoms with Crippen molar-refractivity contribution in [2.45, 2.75) is 44.8 Å². The first-order valence-corrected chi connectivity index (χ1v) is 6.37. The molecule has 0 spiro atoms. The maximum absolute atomic E-state index is 12.1. The fraction of sp³-hybridized carbons (Fsp3) is 0.750. The van der Waals surface area contributed by atoms with Crippen LogP contribution in [-0.2, 0) is 19.1 Å². The Balaban J connectivity index is 1.91. The van der Waals surface area contributed by atoms with Crippen molar-refractivity contribution in [1.29, 1.82) is 0 Å². The SMILES string of the molecule is CCC1OCCC1C(=O)NC1CCC(=O)NC1=O. The maximum atomic E-state index is 12.1. The van der Waals surface area contributed by atoms with Gasteiger partial charge in [-0.25, -0.2) is 0 Å². The van der Waals surface area contributed by atoms with Crippen LogP contribution in [0.3, 0.4) is 0 Å². The summed E-state index contributed by atoms with van der Waals surface area (Å²) >= 11 is 0. The molecule has 0 saturated carbocycles. The molecule has 3 amide bonds. The molecule has 18 heavy (non-hydrogen) atoms. The zero-order valence-corrected chi connectivity index (χ0v) is 10.4. The highest BCUT2D eigenvalue weighted by Crippen LogP contribution is 2.23. The Morgan fingerprint density at radius 1 is 1.44 bits per heavy atom. The highest BCUT2D eigenvalue weighted by atomic mass is 16.5. The number of rotatable bonds is 3. The van der Waals surface area contributed by atoms with E-state index in [1.807, 2.05) is 6.92 Å². The molecule has 3 atom stereocenters. The number of hydrogen-bond donors (Lipinski definition) is 2. The first-order valence-electron chi connectivity index (χ1n) is 6.37. The van der Waals surface area contributed by atoms with Crippen LogP contribution in [0.15, 0.2) is 0 Å². The molecule has 6 nitrogen and oxygen atoms in total. The van der Waals surface area contributed by atoms with Crippen LogP contribution in [0.5, 0.6) is 0 Å². The second-order valence-corrected chi connectivity index (χ2v) is 4.72. The Hall–Kier alpha value is -1.43. The van der Waals surface area contributed by atoms with Crippen LogP contribution in [0.2, 0.25) is 0 Å². The Morgan fingerprint density at radius 3 is 2.89 bits per heavy atom. The minimum Gasteiger partial charge on any atom is -0.377 e. The first-order chi connectivity index (χ1) is 8.61. The second-order valence-electron chi connectivity index (χ2n) is 4.72. The summed E-state index contributed by atoms with van der Waals surface area (Å²) in [6, 6.07) is -0.590. The molecule has 0 aromatic heterocycles. The average molecular weight is 254 g/mol. The van der Waals surface area contributed by atoms with Crippen LogP contribution in [0, 0.1) is 5.92 Å². The summed E-state index contributed by atoms with van der Waals surface area (Å²) in [5.41, 5.74) is 0. The molecule has 2 heterocycles. The maximum Gasteiger partial charge on any atom is 0.249 e. The summed E-state index contributed by atoms with van der Waals surface area (Å²) in [6.07, 6.45) is 2.07. The zero-order chi connectivity index (χ0) is 13.1. The number of piperidine rings is 1. The van der Waals surface area contributed by atoms with Crippen LogP contribution in [-0.4, -0.2) is 36.5 Å². The van der Waals surface area contributed by atoms with Gasteiger partial charge in [0.2, 0.25) is 17.7 Å². The molecule has 0 bridgehead atoms. The van der Waals surface area contributed by atoms with Gasteiger partial charge in [-0.05, 0) is 19.3 Å². The number of amides is 3. The van der Waals surface area contributed by atoms with Crippen LogP contribution in [0.25, 0.3) is 0 Å². The molecular weight excluding hydrogens is 236 g/mol. The lowest BCUT2D eigenvalue weighted by atomic mass is 9.97. The number of carbonyl (C=O) groups is 3. The van der Waals surface area contributed by atoms with Crippen molar-refractivity contribution in [3.63, 3.8) is 0 Å².